The van der Waals surface area contributed by atoms with Crippen LogP contribution in [0.1, 0.15) is 39.2 Å². The number of carbonyl (C=O) groups excluding carboxylic acids is 1. The van der Waals surface area contributed by atoms with Crippen molar-refractivity contribution in [2.75, 3.05) is 32.8 Å². The van der Waals surface area contributed by atoms with Crippen LogP contribution >= 0.6 is 0 Å². The average Bonchev–Trinajstić information content (AvgIpc) is 2.62. The summed E-state index contributed by atoms with van der Waals surface area (Å²) in [7, 11) is 0. The largest absolute Gasteiger partial charge is 0.381 e. The molecular weight excluding hydrogens is 288 g/mol. The molecule has 2 rings (SSSR count). The van der Waals surface area contributed by atoms with Crippen molar-refractivity contribution in [3.05, 3.63) is 35.9 Å². The molecule has 0 bridgehead atoms. The number of carbonyl (C=O) groups is 1. The van der Waals surface area contributed by atoms with Crippen molar-refractivity contribution in [1.29, 1.82) is 0 Å². The van der Waals surface area contributed by atoms with E-state index in [1.54, 1.807) is 0 Å². The molecule has 1 unspecified atom stereocenters. The molecule has 0 aromatic heterocycles. The molecule has 4 heteroatoms. The fourth-order valence-corrected chi connectivity index (χ4v) is 3.58. The van der Waals surface area contributed by atoms with Gasteiger partial charge >= 0.3 is 0 Å². The summed E-state index contributed by atoms with van der Waals surface area (Å²) in [6.45, 7) is 10.5. The first kappa shape index (κ1) is 18.0. The van der Waals surface area contributed by atoms with Crippen LogP contribution in [0.5, 0.6) is 0 Å². The molecule has 1 aliphatic rings. The maximum Gasteiger partial charge on any atom is 0.278 e. The average molecular weight is 319 g/mol. The van der Waals surface area contributed by atoms with Gasteiger partial charge in [0.05, 0.1) is 13.1 Å². The number of ether oxygens (including phenoxy) is 1. The summed E-state index contributed by atoms with van der Waals surface area (Å²) in [5.74, 6) is 0.158. The summed E-state index contributed by atoms with van der Waals surface area (Å²) in [5.41, 5.74) is 1.32. The number of hydrogen-bond donors (Lipinski definition) is 2. The van der Waals surface area contributed by atoms with Crippen LogP contribution < -0.4 is 10.2 Å². The van der Waals surface area contributed by atoms with E-state index in [1.165, 1.54) is 10.5 Å². The van der Waals surface area contributed by atoms with Gasteiger partial charge in [0.1, 0.15) is 0 Å². The lowest BCUT2D eigenvalue weighted by Crippen LogP contribution is -3.16. The van der Waals surface area contributed by atoms with E-state index in [-0.39, 0.29) is 17.4 Å². The Balaban J connectivity index is 2.06. The summed E-state index contributed by atoms with van der Waals surface area (Å²) in [4.78, 5) is 13.9. The van der Waals surface area contributed by atoms with Gasteiger partial charge in [-0.25, -0.2) is 0 Å². The second-order valence-electron chi connectivity index (χ2n) is 6.56. The molecule has 2 N–H and O–H groups in total. The van der Waals surface area contributed by atoms with E-state index >= 15 is 0 Å². The van der Waals surface area contributed by atoms with Crippen molar-refractivity contribution in [3.63, 3.8) is 0 Å². The molecule has 0 aliphatic carbocycles. The smallest absolute Gasteiger partial charge is 0.278 e. The lowest BCUT2D eigenvalue weighted by Gasteiger charge is -2.38. The van der Waals surface area contributed by atoms with E-state index in [2.05, 4.69) is 43.4 Å². The van der Waals surface area contributed by atoms with Gasteiger partial charge in [0.25, 0.3) is 5.91 Å². The third-order valence-corrected chi connectivity index (χ3v) is 5.35. The number of likely N-dealkylation sites (N-methyl/N-ethyl adjacent to an activating group) is 1. The van der Waals surface area contributed by atoms with Crippen molar-refractivity contribution in [3.8, 4) is 0 Å². The van der Waals surface area contributed by atoms with Crippen LogP contribution in [0, 0.1) is 0 Å². The molecule has 1 saturated heterocycles. The van der Waals surface area contributed by atoms with Crippen LogP contribution in [-0.4, -0.2) is 44.8 Å². The maximum absolute atomic E-state index is 12.6. The Bertz CT molecular complexity index is 479. The topological polar surface area (TPSA) is 42.8 Å². The quantitative estimate of drug-likeness (QED) is 0.792. The van der Waals surface area contributed by atoms with Crippen LogP contribution in [0.4, 0.5) is 0 Å². The Morgan fingerprint density at radius 1 is 1.22 bits per heavy atom. The van der Waals surface area contributed by atoms with Gasteiger partial charge in [0, 0.05) is 25.2 Å². The van der Waals surface area contributed by atoms with Gasteiger partial charge in [-0.1, -0.05) is 30.3 Å². The molecule has 1 aliphatic heterocycles. The summed E-state index contributed by atoms with van der Waals surface area (Å²) in [5, 5.41) is 3.23. The molecule has 1 aromatic carbocycles. The molecule has 1 heterocycles. The number of amides is 1. The number of quaternary nitrogens is 1. The minimum Gasteiger partial charge on any atom is -0.381 e. The second kappa shape index (κ2) is 8.46. The van der Waals surface area contributed by atoms with Crippen LogP contribution in [0.15, 0.2) is 30.3 Å². The van der Waals surface area contributed by atoms with E-state index in [0.717, 1.165) is 39.1 Å². The van der Waals surface area contributed by atoms with Crippen molar-refractivity contribution >= 4 is 5.91 Å². The second-order valence-corrected chi connectivity index (χ2v) is 6.56. The van der Waals surface area contributed by atoms with E-state index in [9.17, 15) is 4.79 Å². The minimum absolute atomic E-state index is 0.00216. The predicted molar refractivity (Wildman–Crippen MR) is 92.7 cm³/mol. The molecule has 23 heavy (non-hydrogen) atoms. The number of rotatable bonds is 7. The van der Waals surface area contributed by atoms with Crippen LogP contribution in [-0.2, 0) is 14.9 Å². The van der Waals surface area contributed by atoms with Crippen molar-refractivity contribution < 1.29 is 14.4 Å². The highest BCUT2D eigenvalue weighted by Crippen LogP contribution is 2.34. The molecule has 128 valence electrons. The van der Waals surface area contributed by atoms with E-state index in [0.29, 0.717) is 6.54 Å². The summed E-state index contributed by atoms with van der Waals surface area (Å²) in [6.07, 6.45) is 1.92. The number of nitrogens with one attached hydrogen (secondary N) is 2. The number of hydrogen-bond acceptors (Lipinski definition) is 2. The first-order chi connectivity index (χ1) is 11.1. The normalized spacial score (nSPS) is 18.6. The lowest BCUT2D eigenvalue weighted by molar-refractivity contribution is -0.910. The van der Waals surface area contributed by atoms with Gasteiger partial charge in [-0.3, -0.25) is 4.79 Å². The van der Waals surface area contributed by atoms with Gasteiger partial charge in [-0.15, -0.1) is 0 Å². The lowest BCUT2D eigenvalue weighted by atomic mass is 9.74. The highest BCUT2D eigenvalue weighted by Gasteiger charge is 2.35. The monoisotopic (exact) mass is 319 g/mol. The minimum atomic E-state index is -0.00216. The van der Waals surface area contributed by atoms with Crippen LogP contribution in [0.3, 0.4) is 0 Å². The fraction of sp³-hybridized carbons (Fsp3) is 0.632. The first-order valence-electron chi connectivity index (χ1n) is 8.88. The van der Waals surface area contributed by atoms with Crippen molar-refractivity contribution in [2.45, 2.75) is 45.1 Å². The molecular formula is C19H31N2O2+. The molecule has 0 spiro atoms. The zero-order valence-electron chi connectivity index (χ0n) is 14.7. The van der Waals surface area contributed by atoms with Gasteiger partial charge in [0.15, 0.2) is 6.04 Å². The molecule has 1 atom stereocenters. The Hall–Kier alpha value is -1.39. The Morgan fingerprint density at radius 3 is 2.39 bits per heavy atom. The van der Waals surface area contributed by atoms with Gasteiger partial charge in [-0.2, -0.15) is 0 Å². The summed E-state index contributed by atoms with van der Waals surface area (Å²) < 4.78 is 5.56. The fourth-order valence-electron chi connectivity index (χ4n) is 3.58. The standard InChI is InChI=1S/C19H30N2O2/c1-4-21(5-2)16(3)18(22)20-15-19(11-13-23-14-12-19)17-9-7-6-8-10-17/h6-10,16H,4-5,11-15H2,1-3H3,(H,20,22)/p+1. The molecule has 1 aromatic rings. The maximum atomic E-state index is 12.6. The van der Waals surface area contributed by atoms with E-state index in [1.807, 2.05) is 13.0 Å². The third kappa shape index (κ3) is 4.33. The van der Waals surface area contributed by atoms with Gasteiger partial charge < -0.3 is 15.0 Å². The SMILES string of the molecule is CC[NH+](CC)C(C)C(=O)NCC1(c2ccccc2)CCOCC1. The highest BCUT2D eigenvalue weighted by molar-refractivity contribution is 5.80. The Morgan fingerprint density at radius 2 is 1.83 bits per heavy atom. The van der Waals surface area contributed by atoms with Crippen LogP contribution in [0.2, 0.25) is 0 Å². The zero-order chi connectivity index (χ0) is 16.7. The predicted octanol–water partition coefficient (Wildman–Crippen LogP) is 1.16. The van der Waals surface area contributed by atoms with Crippen molar-refractivity contribution in [2.24, 2.45) is 0 Å². The van der Waals surface area contributed by atoms with Crippen molar-refractivity contribution in [1.82, 2.24) is 5.32 Å². The Labute approximate surface area is 140 Å². The summed E-state index contributed by atoms with van der Waals surface area (Å²) in [6, 6.07) is 10.6. The van der Waals surface area contributed by atoms with Gasteiger partial charge in [0.2, 0.25) is 0 Å². The third-order valence-electron chi connectivity index (χ3n) is 5.35. The molecule has 1 fully saturated rings. The molecule has 0 saturated carbocycles. The molecule has 0 radical (unpaired) electrons. The Kier molecular flexibility index (Phi) is 6.60. The van der Waals surface area contributed by atoms with E-state index < -0.39 is 0 Å². The van der Waals surface area contributed by atoms with E-state index in [4.69, 9.17) is 4.74 Å². The first-order valence-corrected chi connectivity index (χ1v) is 8.88. The summed E-state index contributed by atoms with van der Waals surface area (Å²) >= 11 is 0. The molecule has 4 nitrogen and oxygen atoms in total. The molecule has 1 amide bonds. The highest BCUT2D eigenvalue weighted by atomic mass is 16.5. The zero-order valence-corrected chi connectivity index (χ0v) is 14.7. The van der Waals surface area contributed by atoms with Crippen LogP contribution in [0.25, 0.3) is 0 Å². The number of benzene rings is 1. The van der Waals surface area contributed by atoms with Gasteiger partial charge in [-0.05, 0) is 39.2 Å².